The molecule has 0 radical (unpaired) electrons. The molecule has 0 heterocycles. The number of carboxylic acid groups (broad SMARTS) is 2. The summed E-state index contributed by atoms with van der Waals surface area (Å²) in [6.45, 7) is 0.221. The first-order chi connectivity index (χ1) is 12.9. The van der Waals surface area contributed by atoms with Crippen molar-refractivity contribution in [2.24, 2.45) is 23.5 Å². The van der Waals surface area contributed by atoms with Crippen LogP contribution in [-0.4, -0.2) is 33.8 Å². The summed E-state index contributed by atoms with van der Waals surface area (Å²) in [5.41, 5.74) is 7.53. The molecule has 6 heteroatoms. The summed E-state index contributed by atoms with van der Waals surface area (Å²) in [4.78, 5) is 23.1. The second-order valence-electron chi connectivity index (χ2n) is 7.35. The largest absolute Gasteiger partial charge is 0.481 e. The molecule has 0 aliphatic heterocycles. The third-order valence-corrected chi connectivity index (χ3v) is 5.94. The summed E-state index contributed by atoms with van der Waals surface area (Å²) in [6.07, 6.45) is -0.345. The lowest BCUT2D eigenvalue weighted by atomic mass is 9.88. The van der Waals surface area contributed by atoms with Crippen molar-refractivity contribution in [1.82, 2.24) is 0 Å². The van der Waals surface area contributed by atoms with Gasteiger partial charge in [0.05, 0.1) is 18.6 Å². The Bertz CT molecular complexity index is 883. The molecule has 0 unspecified atom stereocenters. The molecule has 0 spiro atoms. The molecule has 4 rings (SSSR count). The van der Waals surface area contributed by atoms with Crippen molar-refractivity contribution in [3.8, 4) is 11.1 Å². The number of carboxylic acids is 2. The van der Waals surface area contributed by atoms with Crippen LogP contribution in [0.15, 0.2) is 54.6 Å². The lowest BCUT2D eigenvalue weighted by Gasteiger charge is -2.30. The molecule has 27 heavy (non-hydrogen) atoms. The molecule has 2 saturated carbocycles. The van der Waals surface area contributed by atoms with E-state index in [0.717, 1.165) is 16.7 Å². The van der Waals surface area contributed by atoms with Gasteiger partial charge in [-0.2, -0.15) is 0 Å². The quantitative estimate of drug-likeness (QED) is 0.723. The fraction of sp³-hybridized carbons (Fsp3) is 0.333. The molecule has 2 aromatic rings. The molecule has 5 atom stereocenters. The molecule has 2 aliphatic carbocycles. The van der Waals surface area contributed by atoms with E-state index in [1.165, 1.54) is 0 Å². The molecule has 0 aromatic heterocycles. The smallest absolute Gasteiger partial charge is 0.326 e. The minimum Gasteiger partial charge on any atom is -0.481 e. The minimum atomic E-state index is -1.66. The molecule has 4 N–H and O–H groups in total. The number of rotatable bonds is 6. The summed E-state index contributed by atoms with van der Waals surface area (Å²) < 4.78 is 5.96. The third-order valence-electron chi connectivity index (χ3n) is 5.94. The Hall–Kier alpha value is -2.70. The highest BCUT2D eigenvalue weighted by Crippen LogP contribution is 2.62. The molecule has 0 bridgehead atoms. The van der Waals surface area contributed by atoms with Gasteiger partial charge in [-0.1, -0.05) is 54.6 Å². The maximum Gasteiger partial charge on any atom is 0.326 e. The molecule has 2 aliphatic rings. The molecule has 140 valence electrons. The van der Waals surface area contributed by atoms with Gasteiger partial charge in [-0.15, -0.1) is 0 Å². The van der Waals surface area contributed by atoms with Gasteiger partial charge in [0.25, 0.3) is 0 Å². The van der Waals surface area contributed by atoms with Gasteiger partial charge in [0.1, 0.15) is 5.54 Å². The van der Waals surface area contributed by atoms with Crippen molar-refractivity contribution >= 4 is 11.9 Å². The van der Waals surface area contributed by atoms with Crippen LogP contribution in [0.25, 0.3) is 11.1 Å². The van der Waals surface area contributed by atoms with E-state index in [4.69, 9.17) is 10.5 Å². The Labute approximate surface area is 156 Å². The van der Waals surface area contributed by atoms with Gasteiger partial charge in [-0.05, 0) is 29.0 Å². The maximum absolute atomic E-state index is 11.8. The van der Waals surface area contributed by atoms with Crippen LogP contribution in [0.5, 0.6) is 0 Å². The van der Waals surface area contributed by atoms with Gasteiger partial charge in [0.2, 0.25) is 0 Å². The number of hydrogen-bond donors (Lipinski definition) is 3. The first-order valence-corrected chi connectivity index (χ1v) is 8.94. The Morgan fingerprint density at radius 3 is 2.41 bits per heavy atom. The normalized spacial score (nSPS) is 31.3. The lowest BCUT2D eigenvalue weighted by Crippen LogP contribution is -2.58. The SMILES string of the molecule is N[C@]1(C(=O)O)[C@H]2[C@@H](C[C@H]1OCc1ccccc1-c1ccccc1)[C@@H]2C(=O)O. The third kappa shape index (κ3) is 2.81. The number of fused-ring (bicyclic) bond motifs is 1. The summed E-state index contributed by atoms with van der Waals surface area (Å²) in [6, 6.07) is 17.7. The number of aliphatic carboxylic acids is 2. The Balaban J connectivity index is 1.54. The van der Waals surface area contributed by atoms with Crippen LogP contribution in [0.1, 0.15) is 12.0 Å². The number of ether oxygens (including phenoxy) is 1. The second kappa shape index (κ2) is 6.48. The van der Waals surface area contributed by atoms with Crippen LogP contribution in [0.2, 0.25) is 0 Å². The van der Waals surface area contributed by atoms with E-state index >= 15 is 0 Å². The van der Waals surface area contributed by atoms with Crippen LogP contribution >= 0.6 is 0 Å². The summed E-state index contributed by atoms with van der Waals surface area (Å²) in [5, 5.41) is 18.9. The molecular weight excluding hydrogens is 346 g/mol. The highest BCUT2D eigenvalue weighted by Gasteiger charge is 2.74. The van der Waals surface area contributed by atoms with Crippen molar-refractivity contribution in [2.75, 3.05) is 0 Å². The van der Waals surface area contributed by atoms with Crippen molar-refractivity contribution in [2.45, 2.75) is 24.7 Å². The molecular formula is C21H21NO5. The fourth-order valence-electron chi connectivity index (χ4n) is 4.53. The highest BCUT2D eigenvalue weighted by molar-refractivity contribution is 5.86. The van der Waals surface area contributed by atoms with Crippen molar-refractivity contribution in [3.05, 3.63) is 60.2 Å². The lowest BCUT2D eigenvalue weighted by molar-refractivity contribution is -0.152. The van der Waals surface area contributed by atoms with Gasteiger partial charge >= 0.3 is 11.9 Å². The standard InChI is InChI=1S/C21H21NO5/c22-21(20(25)26)16(10-15-17(18(15)21)19(23)24)27-11-13-8-4-5-9-14(13)12-6-2-1-3-7-12/h1-9,15-18H,10-11,22H2,(H,23,24)(H,25,26)/t15-,16+,17-,18-,21-/m0/s1. The Morgan fingerprint density at radius 2 is 1.74 bits per heavy atom. The molecule has 0 saturated heterocycles. The Morgan fingerprint density at radius 1 is 1.07 bits per heavy atom. The molecule has 6 nitrogen and oxygen atoms in total. The fourth-order valence-corrected chi connectivity index (χ4v) is 4.53. The van der Waals surface area contributed by atoms with E-state index in [1.807, 2.05) is 54.6 Å². The van der Waals surface area contributed by atoms with Gasteiger partial charge in [-0.3, -0.25) is 9.59 Å². The van der Waals surface area contributed by atoms with Gasteiger partial charge in [-0.25, -0.2) is 0 Å². The van der Waals surface area contributed by atoms with Crippen molar-refractivity contribution in [1.29, 1.82) is 0 Å². The van der Waals surface area contributed by atoms with E-state index in [1.54, 1.807) is 0 Å². The van der Waals surface area contributed by atoms with Gasteiger partial charge in [0.15, 0.2) is 0 Å². The van der Waals surface area contributed by atoms with E-state index in [2.05, 4.69) is 0 Å². The van der Waals surface area contributed by atoms with E-state index < -0.39 is 35.4 Å². The molecule has 2 aromatic carbocycles. The second-order valence-corrected chi connectivity index (χ2v) is 7.35. The van der Waals surface area contributed by atoms with Crippen LogP contribution in [-0.2, 0) is 20.9 Å². The number of nitrogens with two attached hydrogens (primary N) is 1. The Kier molecular flexibility index (Phi) is 4.25. The summed E-state index contributed by atoms with van der Waals surface area (Å²) in [7, 11) is 0. The minimum absolute atomic E-state index is 0.221. The predicted molar refractivity (Wildman–Crippen MR) is 97.7 cm³/mol. The van der Waals surface area contributed by atoms with Crippen LogP contribution in [0, 0.1) is 17.8 Å². The number of benzene rings is 2. The average Bonchev–Trinajstić information content (AvgIpc) is 3.32. The zero-order chi connectivity index (χ0) is 19.2. The van der Waals surface area contributed by atoms with Crippen molar-refractivity contribution in [3.63, 3.8) is 0 Å². The first kappa shape index (κ1) is 17.7. The maximum atomic E-state index is 11.8. The highest BCUT2D eigenvalue weighted by atomic mass is 16.5. The topological polar surface area (TPSA) is 110 Å². The predicted octanol–water partition coefficient (Wildman–Crippen LogP) is 2.37. The van der Waals surface area contributed by atoms with Crippen LogP contribution < -0.4 is 5.73 Å². The van der Waals surface area contributed by atoms with Gasteiger partial charge in [0, 0.05) is 5.92 Å². The first-order valence-electron chi connectivity index (χ1n) is 8.94. The number of hydrogen-bond acceptors (Lipinski definition) is 4. The zero-order valence-electron chi connectivity index (χ0n) is 14.6. The molecule has 0 amide bonds. The van der Waals surface area contributed by atoms with E-state index in [9.17, 15) is 19.8 Å². The zero-order valence-corrected chi connectivity index (χ0v) is 14.6. The summed E-state index contributed by atoms with van der Waals surface area (Å²) in [5.74, 6) is -3.64. The van der Waals surface area contributed by atoms with Crippen molar-refractivity contribution < 1.29 is 24.5 Å². The van der Waals surface area contributed by atoms with Gasteiger partial charge < -0.3 is 20.7 Å². The average molecular weight is 367 g/mol. The summed E-state index contributed by atoms with van der Waals surface area (Å²) >= 11 is 0. The van der Waals surface area contributed by atoms with E-state index in [-0.39, 0.29) is 12.5 Å². The number of carbonyl (C=O) groups is 2. The van der Waals surface area contributed by atoms with Crippen LogP contribution in [0.3, 0.4) is 0 Å². The molecule has 2 fully saturated rings. The monoisotopic (exact) mass is 367 g/mol. The van der Waals surface area contributed by atoms with Crippen LogP contribution in [0.4, 0.5) is 0 Å². The van der Waals surface area contributed by atoms with E-state index in [0.29, 0.717) is 6.42 Å².